The topological polar surface area (TPSA) is 0 Å². The molecule has 0 N–H and O–H groups in total. The monoisotopic (exact) mass is 178 g/mol. The Kier molecular flexibility index (Phi) is 1.65. The average molecular weight is 179 g/mol. The molecule has 10 heavy (non-hydrogen) atoms. The van der Waals surface area contributed by atoms with Crippen molar-refractivity contribution in [3.05, 3.63) is 0 Å². The zero-order valence-corrected chi connectivity index (χ0v) is 7.46. The van der Waals surface area contributed by atoms with Crippen molar-refractivity contribution in [1.29, 1.82) is 0 Å². The van der Waals surface area contributed by atoms with Crippen molar-refractivity contribution in [1.82, 2.24) is 0 Å². The normalized spacial score (nSPS) is 27.0. The van der Waals surface area contributed by atoms with Crippen LogP contribution in [-0.2, 0) is 0 Å². The van der Waals surface area contributed by atoms with E-state index in [1.165, 1.54) is 25.7 Å². The summed E-state index contributed by atoms with van der Waals surface area (Å²) in [6, 6.07) is 0. The van der Waals surface area contributed by atoms with Gasteiger partial charge < -0.3 is 0 Å². The van der Waals surface area contributed by atoms with Crippen molar-refractivity contribution in [2.24, 2.45) is 11.8 Å². The van der Waals surface area contributed by atoms with Crippen LogP contribution in [0.15, 0.2) is 0 Å². The van der Waals surface area contributed by atoms with Crippen LogP contribution in [0.4, 0.5) is 0 Å². The lowest BCUT2D eigenvalue weighted by Crippen LogP contribution is -2.16. The van der Waals surface area contributed by atoms with Crippen molar-refractivity contribution in [2.75, 3.05) is 0 Å². The summed E-state index contributed by atoms with van der Waals surface area (Å²) in [6.07, 6.45) is 6.25. The third kappa shape index (κ3) is 1.60. The average Bonchev–Trinajstić information content (AvgIpc) is 2.58. The van der Waals surface area contributed by atoms with Crippen LogP contribution in [0.1, 0.15) is 32.1 Å². The SMILES string of the molecule is ClC(Cl)(CC1CC1)C1CC1. The van der Waals surface area contributed by atoms with Gasteiger partial charge in [0.1, 0.15) is 4.33 Å². The van der Waals surface area contributed by atoms with Crippen LogP contribution in [0.2, 0.25) is 0 Å². The molecule has 2 aliphatic rings. The zero-order valence-electron chi connectivity index (χ0n) is 5.95. The van der Waals surface area contributed by atoms with Gasteiger partial charge in [-0.05, 0) is 31.1 Å². The van der Waals surface area contributed by atoms with Crippen LogP contribution in [0.3, 0.4) is 0 Å². The molecule has 0 bridgehead atoms. The highest BCUT2D eigenvalue weighted by atomic mass is 35.5. The summed E-state index contributed by atoms with van der Waals surface area (Å²) >= 11 is 12.3. The summed E-state index contributed by atoms with van der Waals surface area (Å²) in [7, 11) is 0. The second kappa shape index (κ2) is 2.28. The van der Waals surface area contributed by atoms with E-state index in [1.807, 2.05) is 0 Å². The van der Waals surface area contributed by atoms with Crippen molar-refractivity contribution in [3.8, 4) is 0 Å². The van der Waals surface area contributed by atoms with Crippen LogP contribution in [0.25, 0.3) is 0 Å². The van der Waals surface area contributed by atoms with E-state index in [2.05, 4.69) is 0 Å². The molecule has 0 radical (unpaired) electrons. The molecule has 0 atom stereocenters. The van der Waals surface area contributed by atoms with Gasteiger partial charge >= 0.3 is 0 Å². The van der Waals surface area contributed by atoms with Gasteiger partial charge in [-0.2, -0.15) is 0 Å². The highest BCUT2D eigenvalue weighted by Gasteiger charge is 2.45. The third-order valence-corrected chi connectivity index (χ3v) is 3.36. The Labute approximate surface area is 71.9 Å². The Morgan fingerprint density at radius 3 is 2.10 bits per heavy atom. The minimum absolute atomic E-state index is 0.360. The van der Waals surface area contributed by atoms with Crippen LogP contribution in [-0.4, -0.2) is 4.33 Å². The fourth-order valence-electron chi connectivity index (χ4n) is 1.38. The van der Waals surface area contributed by atoms with Gasteiger partial charge in [-0.3, -0.25) is 0 Å². The molecule has 0 amide bonds. The maximum Gasteiger partial charge on any atom is 0.121 e. The summed E-state index contributed by atoms with van der Waals surface area (Å²) < 4.78 is -0.360. The highest BCUT2D eigenvalue weighted by molar-refractivity contribution is 6.48. The third-order valence-electron chi connectivity index (χ3n) is 2.43. The molecule has 0 nitrogen and oxygen atoms in total. The lowest BCUT2D eigenvalue weighted by atomic mass is 10.1. The fourth-order valence-corrected chi connectivity index (χ4v) is 2.25. The number of alkyl halides is 2. The van der Waals surface area contributed by atoms with Crippen LogP contribution >= 0.6 is 23.2 Å². The summed E-state index contributed by atoms with van der Waals surface area (Å²) in [5.41, 5.74) is 0. The molecular formula is C8H12Cl2. The van der Waals surface area contributed by atoms with Crippen LogP contribution in [0.5, 0.6) is 0 Å². The molecule has 0 aliphatic heterocycles. The molecule has 58 valence electrons. The molecule has 2 heteroatoms. The minimum Gasteiger partial charge on any atom is -0.101 e. The van der Waals surface area contributed by atoms with E-state index in [1.54, 1.807) is 0 Å². The molecule has 0 aromatic heterocycles. The van der Waals surface area contributed by atoms with E-state index in [0.29, 0.717) is 5.92 Å². The molecular weight excluding hydrogens is 167 g/mol. The molecule has 0 saturated heterocycles. The van der Waals surface area contributed by atoms with E-state index in [-0.39, 0.29) is 4.33 Å². The quantitative estimate of drug-likeness (QED) is 0.582. The first-order valence-corrected chi connectivity index (χ1v) is 4.82. The number of hydrogen-bond acceptors (Lipinski definition) is 0. The van der Waals surface area contributed by atoms with Gasteiger partial charge in [0.15, 0.2) is 0 Å². The van der Waals surface area contributed by atoms with Gasteiger partial charge in [0.2, 0.25) is 0 Å². The van der Waals surface area contributed by atoms with Crippen molar-refractivity contribution in [2.45, 2.75) is 36.4 Å². The smallest absolute Gasteiger partial charge is 0.101 e. The summed E-state index contributed by atoms with van der Waals surface area (Å²) in [6.45, 7) is 0. The van der Waals surface area contributed by atoms with Gasteiger partial charge in [-0.1, -0.05) is 12.8 Å². The Morgan fingerprint density at radius 1 is 1.10 bits per heavy atom. The van der Waals surface area contributed by atoms with E-state index in [4.69, 9.17) is 23.2 Å². The van der Waals surface area contributed by atoms with Gasteiger partial charge in [0, 0.05) is 0 Å². The summed E-state index contributed by atoms with van der Waals surface area (Å²) in [4.78, 5) is 0. The Hall–Kier alpha value is 0.580. The van der Waals surface area contributed by atoms with E-state index in [9.17, 15) is 0 Å². The maximum absolute atomic E-state index is 6.13. The van der Waals surface area contributed by atoms with Crippen molar-refractivity contribution in [3.63, 3.8) is 0 Å². The molecule has 2 fully saturated rings. The number of halogens is 2. The predicted octanol–water partition coefficient (Wildman–Crippen LogP) is 3.37. The molecule has 2 aliphatic carbocycles. The van der Waals surface area contributed by atoms with Crippen LogP contribution < -0.4 is 0 Å². The number of rotatable bonds is 3. The maximum atomic E-state index is 6.13. The Morgan fingerprint density at radius 2 is 1.70 bits per heavy atom. The first kappa shape index (κ1) is 7.24. The highest BCUT2D eigenvalue weighted by Crippen LogP contribution is 2.53. The Balaban J connectivity index is 1.85. The molecule has 0 aromatic carbocycles. The molecule has 2 saturated carbocycles. The lowest BCUT2D eigenvalue weighted by Gasteiger charge is -2.17. The van der Waals surface area contributed by atoms with E-state index < -0.39 is 0 Å². The molecule has 0 aromatic rings. The summed E-state index contributed by atoms with van der Waals surface area (Å²) in [5, 5.41) is 0. The second-order valence-corrected chi connectivity index (χ2v) is 5.23. The van der Waals surface area contributed by atoms with E-state index >= 15 is 0 Å². The van der Waals surface area contributed by atoms with E-state index in [0.717, 1.165) is 12.3 Å². The van der Waals surface area contributed by atoms with Gasteiger partial charge in [0.25, 0.3) is 0 Å². The molecule has 0 heterocycles. The largest absolute Gasteiger partial charge is 0.121 e. The lowest BCUT2D eigenvalue weighted by molar-refractivity contribution is 0.575. The fraction of sp³-hybridized carbons (Fsp3) is 1.00. The standard InChI is InChI=1S/C8H12Cl2/c9-8(10,7-3-4-7)5-6-1-2-6/h6-7H,1-5H2. The minimum atomic E-state index is -0.360. The summed E-state index contributed by atoms with van der Waals surface area (Å²) in [5.74, 6) is 1.48. The van der Waals surface area contributed by atoms with Gasteiger partial charge in [-0.15, -0.1) is 23.2 Å². The second-order valence-electron chi connectivity index (χ2n) is 3.68. The first-order chi connectivity index (χ1) is 4.68. The molecule has 0 spiro atoms. The Bertz CT molecular complexity index is 134. The first-order valence-electron chi connectivity index (χ1n) is 4.06. The van der Waals surface area contributed by atoms with Crippen LogP contribution in [0, 0.1) is 11.8 Å². The van der Waals surface area contributed by atoms with Crippen molar-refractivity contribution >= 4 is 23.2 Å². The molecule has 0 unspecified atom stereocenters. The zero-order chi connectivity index (χ0) is 7.19. The van der Waals surface area contributed by atoms with Crippen molar-refractivity contribution < 1.29 is 0 Å². The van der Waals surface area contributed by atoms with Gasteiger partial charge in [0.05, 0.1) is 0 Å². The number of hydrogen-bond donors (Lipinski definition) is 0. The predicted molar refractivity (Wildman–Crippen MR) is 44.5 cm³/mol. The van der Waals surface area contributed by atoms with Gasteiger partial charge in [-0.25, -0.2) is 0 Å². The molecule has 2 rings (SSSR count).